The summed E-state index contributed by atoms with van der Waals surface area (Å²) in [6, 6.07) is 9.82. The third-order valence-corrected chi connectivity index (χ3v) is 3.76. The molecule has 0 saturated carbocycles. The van der Waals surface area contributed by atoms with E-state index in [1.54, 1.807) is 24.3 Å². The van der Waals surface area contributed by atoms with Crippen LogP contribution in [0, 0.1) is 10.1 Å². The average molecular weight is 361 g/mol. The van der Waals surface area contributed by atoms with E-state index in [1.807, 2.05) is 0 Å². The second kappa shape index (κ2) is 7.23. The zero-order valence-corrected chi connectivity index (χ0v) is 13.7. The topological polar surface area (TPSA) is 90.7 Å². The summed E-state index contributed by atoms with van der Waals surface area (Å²) in [4.78, 5) is 22.6. The van der Waals surface area contributed by atoms with Crippen molar-refractivity contribution in [3.8, 4) is 11.5 Å². The van der Waals surface area contributed by atoms with Crippen LogP contribution >= 0.6 is 11.6 Å². The van der Waals surface area contributed by atoms with Crippen molar-refractivity contribution in [2.75, 3.05) is 6.79 Å². The first-order valence-corrected chi connectivity index (χ1v) is 7.69. The van der Waals surface area contributed by atoms with Crippen LogP contribution in [0.3, 0.4) is 0 Å². The number of nitro benzene ring substituents is 1. The van der Waals surface area contributed by atoms with Gasteiger partial charge in [0.1, 0.15) is 0 Å². The Kier molecular flexibility index (Phi) is 4.85. The summed E-state index contributed by atoms with van der Waals surface area (Å²) in [5.41, 5.74) is 0.988. The summed E-state index contributed by atoms with van der Waals surface area (Å²) in [6.07, 6.45) is 2.61. The monoisotopic (exact) mass is 360 g/mol. The van der Waals surface area contributed by atoms with Crippen molar-refractivity contribution in [3.05, 3.63) is 68.7 Å². The fourth-order valence-corrected chi connectivity index (χ4v) is 2.38. The normalized spacial score (nSPS) is 12.4. The van der Waals surface area contributed by atoms with Crippen LogP contribution < -0.4 is 14.8 Å². The Balaban J connectivity index is 1.69. The Labute approximate surface area is 148 Å². The minimum atomic E-state index is -0.534. The molecule has 0 bridgehead atoms. The van der Waals surface area contributed by atoms with E-state index in [0.717, 1.165) is 5.56 Å². The molecule has 1 aliphatic heterocycles. The number of fused-ring (bicyclic) bond motifs is 1. The van der Waals surface area contributed by atoms with Gasteiger partial charge in [0.25, 0.3) is 5.69 Å². The quantitative estimate of drug-likeness (QED) is 0.502. The molecule has 0 spiro atoms. The van der Waals surface area contributed by atoms with E-state index >= 15 is 0 Å². The highest BCUT2D eigenvalue weighted by Crippen LogP contribution is 2.38. The second-order valence-electron chi connectivity index (χ2n) is 5.20. The maximum Gasteiger partial charge on any atom is 0.280 e. The van der Waals surface area contributed by atoms with Crippen molar-refractivity contribution in [1.29, 1.82) is 0 Å². The largest absolute Gasteiger partial charge is 0.454 e. The van der Waals surface area contributed by atoms with Crippen molar-refractivity contribution in [2.45, 2.75) is 6.54 Å². The number of carbonyl (C=O) groups is 1. The fraction of sp³-hybridized carbons (Fsp3) is 0.118. The van der Waals surface area contributed by atoms with Crippen LogP contribution in [0.5, 0.6) is 11.5 Å². The number of carbonyl (C=O) groups excluding carboxylic acids is 1. The van der Waals surface area contributed by atoms with Crippen molar-refractivity contribution in [3.63, 3.8) is 0 Å². The van der Waals surface area contributed by atoms with Crippen LogP contribution in [-0.4, -0.2) is 17.6 Å². The molecule has 25 heavy (non-hydrogen) atoms. The molecule has 8 heteroatoms. The van der Waals surface area contributed by atoms with Gasteiger partial charge in [0, 0.05) is 17.6 Å². The number of hydrogen-bond donors (Lipinski definition) is 1. The van der Waals surface area contributed by atoms with E-state index in [2.05, 4.69) is 5.32 Å². The van der Waals surface area contributed by atoms with Crippen LogP contribution in [0.15, 0.2) is 42.5 Å². The van der Waals surface area contributed by atoms with Crippen molar-refractivity contribution in [1.82, 2.24) is 5.32 Å². The van der Waals surface area contributed by atoms with Gasteiger partial charge < -0.3 is 14.8 Å². The van der Waals surface area contributed by atoms with Gasteiger partial charge in [-0.3, -0.25) is 14.9 Å². The van der Waals surface area contributed by atoms with Crippen molar-refractivity contribution < 1.29 is 19.2 Å². The van der Waals surface area contributed by atoms with E-state index in [-0.39, 0.29) is 24.0 Å². The molecule has 128 valence electrons. The second-order valence-corrected chi connectivity index (χ2v) is 5.64. The predicted molar refractivity (Wildman–Crippen MR) is 91.6 cm³/mol. The maximum absolute atomic E-state index is 11.9. The van der Waals surface area contributed by atoms with Crippen molar-refractivity contribution in [2.24, 2.45) is 0 Å². The van der Waals surface area contributed by atoms with Gasteiger partial charge in [0.15, 0.2) is 11.5 Å². The molecular weight excluding hydrogens is 348 g/mol. The Bertz CT molecular complexity index is 849. The first kappa shape index (κ1) is 16.8. The molecule has 3 rings (SSSR count). The van der Waals surface area contributed by atoms with Gasteiger partial charge in [-0.2, -0.15) is 0 Å². The molecule has 7 nitrogen and oxygen atoms in total. The zero-order valence-electron chi connectivity index (χ0n) is 12.9. The highest BCUT2D eigenvalue weighted by atomic mass is 35.5. The summed E-state index contributed by atoms with van der Waals surface area (Å²) in [6.45, 7) is 0.338. The van der Waals surface area contributed by atoms with E-state index in [4.69, 9.17) is 21.1 Å². The molecule has 0 fully saturated rings. The molecule has 1 amide bonds. The molecular formula is C17H13ClN2O5. The number of benzene rings is 2. The fourth-order valence-electron chi connectivity index (χ4n) is 2.25. The van der Waals surface area contributed by atoms with Crippen molar-refractivity contribution >= 4 is 29.3 Å². The number of halogens is 1. The summed E-state index contributed by atoms with van der Waals surface area (Å²) in [7, 11) is 0. The molecule has 1 heterocycles. The van der Waals surface area contributed by atoms with E-state index in [9.17, 15) is 14.9 Å². The molecule has 0 unspecified atom stereocenters. The van der Waals surface area contributed by atoms with Gasteiger partial charge in [-0.05, 0) is 29.8 Å². The van der Waals surface area contributed by atoms with E-state index in [0.29, 0.717) is 23.1 Å². The smallest absolute Gasteiger partial charge is 0.280 e. The number of hydrogen-bond acceptors (Lipinski definition) is 5. The van der Waals surface area contributed by atoms with Crippen LogP contribution in [0.1, 0.15) is 11.1 Å². The van der Waals surface area contributed by atoms with Crippen LogP contribution in [0.2, 0.25) is 5.02 Å². The highest BCUT2D eigenvalue weighted by molar-refractivity contribution is 6.30. The molecule has 1 N–H and O–H groups in total. The maximum atomic E-state index is 11.9. The minimum absolute atomic E-state index is 0.0151. The van der Waals surface area contributed by atoms with E-state index in [1.165, 1.54) is 24.3 Å². The van der Waals surface area contributed by atoms with Gasteiger partial charge in [0.05, 0.1) is 16.6 Å². The lowest BCUT2D eigenvalue weighted by Crippen LogP contribution is -2.20. The number of amides is 1. The Morgan fingerprint density at radius 2 is 1.92 bits per heavy atom. The third kappa shape index (κ3) is 4.07. The minimum Gasteiger partial charge on any atom is -0.454 e. The number of rotatable bonds is 5. The van der Waals surface area contributed by atoms with Crippen LogP contribution in [-0.2, 0) is 11.3 Å². The van der Waals surface area contributed by atoms with Gasteiger partial charge in [-0.1, -0.05) is 23.7 Å². The SMILES string of the molecule is O=C(/C=C/c1cc2c(cc1[N+](=O)[O-])OCO2)NCc1ccc(Cl)cc1. The van der Waals surface area contributed by atoms with Gasteiger partial charge >= 0.3 is 0 Å². The van der Waals surface area contributed by atoms with Gasteiger partial charge in [0.2, 0.25) is 12.7 Å². The molecule has 1 aliphatic rings. The molecule has 0 atom stereocenters. The predicted octanol–water partition coefficient (Wildman–Crippen LogP) is 3.31. The molecule has 2 aromatic rings. The Morgan fingerprint density at radius 1 is 1.24 bits per heavy atom. The summed E-state index contributed by atoms with van der Waals surface area (Å²) >= 11 is 5.80. The standard InChI is InChI=1S/C17H13ClN2O5/c18-13-4-1-11(2-5-13)9-19-17(21)6-3-12-7-15-16(25-10-24-15)8-14(12)20(22)23/h1-8H,9-10H2,(H,19,21)/b6-3+. The van der Waals surface area contributed by atoms with E-state index < -0.39 is 4.92 Å². The van der Waals surface area contributed by atoms with Gasteiger partial charge in [-0.15, -0.1) is 0 Å². The number of nitrogens with one attached hydrogen (secondary N) is 1. The first-order valence-electron chi connectivity index (χ1n) is 7.31. The number of ether oxygens (including phenoxy) is 2. The molecule has 0 radical (unpaired) electrons. The van der Waals surface area contributed by atoms with Gasteiger partial charge in [-0.25, -0.2) is 0 Å². The summed E-state index contributed by atoms with van der Waals surface area (Å²) < 4.78 is 10.3. The lowest BCUT2D eigenvalue weighted by Gasteiger charge is -2.03. The molecule has 2 aromatic carbocycles. The summed E-state index contributed by atoms with van der Waals surface area (Å²) in [5, 5.41) is 14.5. The highest BCUT2D eigenvalue weighted by Gasteiger charge is 2.22. The average Bonchev–Trinajstić information content (AvgIpc) is 3.05. The first-order chi connectivity index (χ1) is 12.0. The lowest BCUT2D eigenvalue weighted by molar-refractivity contribution is -0.385. The number of nitrogens with zero attached hydrogens (tertiary/aromatic N) is 1. The molecule has 0 saturated heterocycles. The van der Waals surface area contributed by atoms with Crippen LogP contribution in [0.4, 0.5) is 5.69 Å². The Morgan fingerprint density at radius 3 is 2.60 bits per heavy atom. The lowest BCUT2D eigenvalue weighted by atomic mass is 10.1. The molecule has 0 aliphatic carbocycles. The van der Waals surface area contributed by atoms with Crippen LogP contribution in [0.25, 0.3) is 6.08 Å². The Hall–Kier alpha value is -3.06. The molecule has 0 aromatic heterocycles. The number of nitro groups is 1. The summed E-state index contributed by atoms with van der Waals surface area (Å²) in [5.74, 6) is 0.352. The third-order valence-electron chi connectivity index (χ3n) is 3.51. The zero-order chi connectivity index (χ0) is 17.8.